The number of hydrogen-bond acceptors (Lipinski definition) is 2. The van der Waals surface area contributed by atoms with Crippen LogP contribution in [-0.4, -0.2) is 33.7 Å². The molecule has 24 heavy (non-hydrogen) atoms. The first-order valence-electron chi connectivity index (χ1n) is 8.48. The SMILES string of the molecule is Cc1nn(C)c(C)c1CCC(=O)N1CC[C@H](c2ccccc2Cl)C1. The zero-order chi connectivity index (χ0) is 17.3. The van der Waals surface area contributed by atoms with E-state index in [-0.39, 0.29) is 5.91 Å². The van der Waals surface area contributed by atoms with Crippen LogP contribution in [0.4, 0.5) is 0 Å². The monoisotopic (exact) mass is 345 g/mol. The van der Waals surface area contributed by atoms with Crippen LogP contribution in [0, 0.1) is 13.8 Å². The molecule has 0 radical (unpaired) electrons. The van der Waals surface area contributed by atoms with E-state index in [0.29, 0.717) is 12.3 Å². The number of aryl methyl sites for hydroxylation is 2. The van der Waals surface area contributed by atoms with Crippen molar-refractivity contribution in [2.24, 2.45) is 7.05 Å². The Labute approximate surface area is 148 Å². The van der Waals surface area contributed by atoms with E-state index in [1.807, 2.05) is 41.8 Å². The lowest BCUT2D eigenvalue weighted by molar-refractivity contribution is -0.130. The van der Waals surface area contributed by atoms with Gasteiger partial charge in [0, 0.05) is 43.2 Å². The van der Waals surface area contributed by atoms with E-state index in [4.69, 9.17) is 11.6 Å². The first-order valence-corrected chi connectivity index (χ1v) is 8.86. The highest BCUT2D eigenvalue weighted by Gasteiger charge is 2.28. The van der Waals surface area contributed by atoms with Crippen molar-refractivity contribution < 1.29 is 4.79 Å². The quantitative estimate of drug-likeness (QED) is 0.848. The fourth-order valence-corrected chi connectivity index (χ4v) is 3.91. The van der Waals surface area contributed by atoms with Gasteiger partial charge in [-0.1, -0.05) is 29.8 Å². The molecule has 0 aliphatic carbocycles. The molecule has 128 valence electrons. The van der Waals surface area contributed by atoms with Crippen molar-refractivity contribution in [2.75, 3.05) is 13.1 Å². The Hall–Kier alpha value is -1.81. The molecule has 0 N–H and O–H groups in total. The fourth-order valence-electron chi connectivity index (χ4n) is 3.62. The summed E-state index contributed by atoms with van der Waals surface area (Å²) in [5.74, 6) is 0.580. The molecular formula is C19H24ClN3O. The minimum absolute atomic E-state index is 0.229. The molecular weight excluding hydrogens is 322 g/mol. The Morgan fingerprint density at radius 3 is 2.75 bits per heavy atom. The van der Waals surface area contributed by atoms with Crippen molar-refractivity contribution in [1.29, 1.82) is 0 Å². The van der Waals surface area contributed by atoms with E-state index in [1.165, 1.54) is 5.56 Å². The number of amides is 1. The summed E-state index contributed by atoms with van der Waals surface area (Å²) in [7, 11) is 1.95. The standard InChI is InChI=1S/C19H24ClN3O/c1-13-16(14(2)22(3)21-13)8-9-19(24)23-11-10-15(12-23)17-6-4-5-7-18(17)20/h4-7,15H,8-12H2,1-3H3/t15-/m0/s1. The molecule has 1 fully saturated rings. The van der Waals surface area contributed by atoms with Gasteiger partial charge in [-0.05, 0) is 43.9 Å². The molecule has 0 unspecified atom stereocenters. The Balaban J connectivity index is 1.60. The molecule has 1 amide bonds. The zero-order valence-corrected chi connectivity index (χ0v) is 15.3. The highest BCUT2D eigenvalue weighted by Crippen LogP contribution is 2.32. The van der Waals surface area contributed by atoms with Crippen LogP contribution in [0.25, 0.3) is 0 Å². The first-order chi connectivity index (χ1) is 11.5. The zero-order valence-electron chi connectivity index (χ0n) is 14.6. The molecule has 1 aromatic heterocycles. The van der Waals surface area contributed by atoms with Crippen molar-refractivity contribution in [3.63, 3.8) is 0 Å². The molecule has 2 heterocycles. The van der Waals surface area contributed by atoms with Gasteiger partial charge < -0.3 is 4.90 Å². The number of carbonyl (C=O) groups excluding carboxylic acids is 1. The number of hydrogen-bond donors (Lipinski definition) is 0. The molecule has 1 atom stereocenters. The Morgan fingerprint density at radius 1 is 1.33 bits per heavy atom. The lowest BCUT2D eigenvalue weighted by atomic mass is 9.98. The van der Waals surface area contributed by atoms with Crippen molar-refractivity contribution in [2.45, 2.75) is 39.0 Å². The van der Waals surface area contributed by atoms with Gasteiger partial charge in [-0.3, -0.25) is 9.48 Å². The smallest absolute Gasteiger partial charge is 0.222 e. The van der Waals surface area contributed by atoms with Gasteiger partial charge in [0.2, 0.25) is 5.91 Å². The van der Waals surface area contributed by atoms with Crippen LogP contribution < -0.4 is 0 Å². The number of rotatable bonds is 4. The van der Waals surface area contributed by atoms with Crippen LogP contribution in [0.15, 0.2) is 24.3 Å². The average molecular weight is 346 g/mol. The maximum atomic E-state index is 12.6. The fraction of sp³-hybridized carbons (Fsp3) is 0.474. The number of nitrogens with zero attached hydrogens (tertiary/aromatic N) is 3. The van der Waals surface area contributed by atoms with E-state index in [1.54, 1.807) is 0 Å². The largest absolute Gasteiger partial charge is 0.342 e. The van der Waals surface area contributed by atoms with E-state index >= 15 is 0 Å². The minimum atomic E-state index is 0.229. The van der Waals surface area contributed by atoms with Crippen LogP contribution >= 0.6 is 11.6 Å². The number of benzene rings is 1. The van der Waals surface area contributed by atoms with Gasteiger partial charge in [0.1, 0.15) is 0 Å². The highest BCUT2D eigenvalue weighted by atomic mass is 35.5. The second kappa shape index (κ2) is 6.98. The molecule has 4 nitrogen and oxygen atoms in total. The van der Waals surface area contributed by atoms with Gasteiger partial charge in [-0.2, -0.15) is 5.10 Å². The van der Waals surface area contributed by atoms with E-state index in [0.717, 1.165) is 47.9 Å². The molecule has 0 saturated carbocycles. The van der Waals surface area contributed by atoms with Crippen LogP contribution in [0.5, 0.6) is 0 Å². The topological polar surface area (TPSA) is 38.1 Å². The number of carbonyl (C=O) groups is 1. The molecule has 2 aromatic rings. The lowest BCUT2D eigenvalue weighted by Gasteiger charge is -2.17. The lowest BCUT2D eigenvalue weighted by Crippen LogP contribution is -2.28. The second-order valence-corrected chi connectivity index (χ2v) is 7.03. The highest BCUT2D eigenvalue weighted by molar-refractivity contribution is 6.31. The van der Waals surface area contributed by atoms with Crippen molar-refractivity contribution in [3.8, 4) is 0 Å². The first kappa shape index (κ1) is 17.0. The second-order valence-electron chi connectivity index (χ2n) is 6.62. The number of aromatic nitrogens is 2. The van der Waals surface area contributed by atoms with E-state index in [9.17, 15) is 4.79 Å². The normalized spacial score (nSPS) is 17.5. The van der Waals surface area contributed by atoms with Crippen molar-refractivity contribution in [3.05, 3.63) is 51.8 Å². The van der Waals surface area contributed by atoms with Gasteiger partial charge in [0.25, 0.3) is 0 Å². The van der Waals surface area contributed by atoms with E-state index < -0.39 is 0 Å². The molecule has 3 rings (SSSR count). The summed E-state index contributed by atoms with van der Waals surface area (Å²) in [4.78, 5) is 14.6. The van der Waals surface area contributed by atoms with Crippen molar-refractivity contribution in [1.82, 2.24) is 14.7 Å². The summed E-state index contributed by atoms with van der Waals surface area (Å²) < 4.78 is 1.89. The molecule has 5 heteroatoms. The molecule has 1 aliphatic rings. The third-order valence-electron chi connectivity index (χ3n) is 5.13. The third-order valence-corrected chi connectivity index (χ3v) is 5.48. The Bertz CT molecular complexity index is 753. The molecule has 0 bridgehead atoms. The van der Waals surface area contributed by atoms with Crippen molar-refractivity contribution >= 4 is 17.5 Å². The summed E-state index contributed by atoms with van der Waals surface area (Å²) in [5.41, 5.74) is 4.54. The summed E-state index contributed by atoms with van der Waals surface area (Å²) in [6, 6.07) is 7.96. The molecule has 1 aliphatic heterocycles. The molecule has 1 saturated heterocycles. The van der Waals surface area contributed by atoms with Crippen LogP contribution in [0.1, 0.15) is 41.3 Å². The van der Waals surface area contributed by atoms with Gasteiger partial charge in [-0.25, -0.2) is 0 Å². The van der Waals surface area contributed by atoms with Gasteiger partial charge in [0.05, 0.1) is 5.69 Å². The van der Waals surface area contributed by atoms with Gasteiger partial charge in [-0.15, -0.1) is 0 Å². The average Bonchev–Trinajstić information content (AvgIpc) is 3.12. The molecule has 0 spiro atoms. The van der Waals surface area contributed by atoms with Crippen LogP contribution in [0.2, 0.25) is 5.02 Å². The number of likely N-dealkylation sites (tertiary alicyclic amines) is 1. The molecule has 1 aromatic carbocycles. The summed E-state index contributed by atoms with van der Waals surface area (Å²) in [6.07, 6.45) is 2.29. The Morgan fingerprint density at radius 2 is 2.08 bits per heavy atom. The third kappa shape index (κ3) is 3.34. The minimum Gasteiger partial charge on any atom is -0.342 e. The summed E-state index contributed by atoms with van der Waals surface area (Å²) >= 11 is 6.30. The van der Waals surface area contributed by atoms with Crippen LogP contribution in [-0.2, 0) is 18.3 Å². The number of halogens is 1. The summed E-state index contributed by atoms with van der Waals surface area (Å²) in [6.45, 7) is 5.66. The maximum absolute atomic E-state index is 12.6. The predicted molar refractivity (Wildman–Crippen MR) is 96.4 cm³/mol. The van der Waals surface area contributed by atoms with E-state index in [2.05, 4.69) is 18.1 Å². The van der Waals surface area contributed by atoms with Gasteiger partial charge in [0.15, 0.2) is 0 Å². The van der Waals surface area contributed by atoms with Crippen LogP contribution in [0.3, 0.4) is 0 Å². The van der Waals surface area contributed by atoms with Gasteiger partial charge >= 0.3 is 0 Å². The summed E-state index contributed by atoms with van der Waals surface area (Å²) in [5, 5.41) is 5.23. The Kier molecular flexibility index (Phi) is 4.95. The maximum Gasteiger partial charge on any atom is 0.222 e. The predicted octanol–water partition coefficient (Wildman–Crippen LogP) is 3.64.